The molecule has 0 aromatic heterocycles. The lowest BCUT2D eigenvalue weighted by molar-refractivity contribution is -0.116. The number of hydrogen-bond donors (Lipinski definition) is 1. The second-order valence-corrected chi connectivity index (χ2v) is 2.95. The lowest BCUT2D eigenvalue weighted by Crippen LogP contribution is -2.12. The van der Waals surface area contributed by atoms with Gasteiger partial charge in [-0.2, -0.15) is 0 Å². The maximum Gasteiger partial charge on any atom is 0.224 e. The van der Waals surface area contributed by atoms with Crippen molar-refractivity contribution in [1.29, 1.82) is 0 Å². The molecule has 0 saturated heterocycles. The monoisotopic (exact) mass is 220 g/mol. The normalized spacial score (nSPS) is 9.06. The zero-order valence-electron chi connectivity index (χ0n) is 8.88. The number of nitrogens with zero attached hydrogens (tertiary/aromatic N) is 3. The molecule has 1 amide bonds. The van der Waals surface area contributed by atoms with Gasteiger partial charge in [-0.1, -0.05) is 17.2 Å². The number of anilines is 1. The molecular weight excluding hydrogens is 208 g/mol. The molecule has 0 bridgehead atoms. The van der Waals surface area contributed by atoms with Crippen LogP contribution in [0.3, 0.4) is 0 Å². The van der Waals surface area contributed by atoms with Crippen molar-refractivity contribution in [3.63, 3.8) is 0 Å². The molecule has 1 aromatic rings. The average Bonchev–Trinajstić information content (AvgIpc) is 2.30. The van der Waals surface area contributed by atoms with Crippen LogP contribution in [0.5, 0.6) is 5.75 Å². The standard InChI is InChI=1S/C10H12N4O2/c1-16-9-5-3-2-4-8(9)13-10(15)6-7-12-14-11/h2-5H,6-7H2,1H3,(H,13,15). The van der Waals surface area contributed by atoms with Crippen molar-refractivity contribution in [2.45, 2.75) is 6.42 Å². The first-order chi connectivity index (χ1) is 7.77. The number of rotatable bonds is 5. The number of carbonyl (C=O) groups excluding carboxylic acids is 1. The van der Waals surface area contributed by atoms with Gasteiger partial charge in [0.2, 0.25) is 5.91 Å². The van der Waals surface area contributed by atoms with E-state index in [1.807, 2.05) is 6.07 Å². The third kappa shape index (κ3) is 3.51. The van der Waals surface area contributed by atoms with E-state index < -0.39 is 0 Å². The maximum absolute atomic E-state index is 11.4. The average molecular weight is 220 g/mol. The molecule has 1 N–H and O–H groups in total. The lowest BCUT2D eigenvalue weighted by Gasteiger charge is -2.08. The second kappa shape index (κ2) is 6.31. The third-order valence-corrected chi connectivity index (χ3v) is 1.88. The van der Waals surface area contributed by atoms with Crippen LogP contribution in [-0.2, 0) is 4.79 Å². The van der Waals surface area contributed by atoms with E-state index in [4.69, 9.17) is 10.3 Å². The minimum Gasteiger partial charge on any atom is -0.495 e. The molecule has 0 heterocycles. The van der Waals surface area contributed by atoms with Crippen LogP contribution in [0.2, 0.25) is 0 Å². The van der Waals surface area contributed by atoms with Crippen LogP contribution < -0.4 is 10.1 Å². The fourth-order valence-corrected chi connectivity index (χ4v) is 1.16. The fourth-order valence-electron chi connectivity index (χ4n) is 1.16. The summed E-state index contributed by atoms with van der Waals surface area (Å²) < 4.78 is 5.08. The predicted molar refractivity (Wildman–Crippen MR) is 60.3 cm³/mol. The van der Waals surface area contributed by atoms with E-state index in [1.54, 1.807) is 18.2 Å². The highest BCUT2D eigenvalue weighted by Gasteiger charge is 2.05. The third-order valence-electron chi connectivity index (χ3n) is 1.88. The van der Waals surface area contributed by atoms with E-state index in [0.717, 1.165) is 0 Å². The number of azide groups is 1. The maximum atomic E-state index is 11.4. The highest BCUT2D eigenvalue weighted by Crippen LogP contribution is 2.22. The Labute approximate surface area is 92.8 Å². The van der Waals surface area contributed by atoms with E-state index in [-0.39, 0.29) is 18.9 Å². The zero-order valence-corrected chi connectivity index (χ0v) is 8.88. The molecule has 0 aliphatic carbocycles. The topological polar surface area (TPSA) is 87.1 Å². The van der Waals surface area contributed by atoms with Crippen molar-refractivity contribution >= 4 is 11.6 Å². The minimum atomic E-state index is -0.211. The quantitative estimate of drug-likeness (QED) is 0.469. The summed E-state index contributed by atoms with van der Waals surface area (Å²) in [6, 6.07) is 7.10. The lowest BCUT2D eigenvalue weighted by atomic mass is 10.3. The molecule has 0 unspecified atom stereocenters. The number of amides is 1. The van der Waals surface area contributed by atoms with Gasteiger partial charge in [-0.25, -0.2) is 0 Å². The summed E-state index contributed by atoms with van der Waals surface area (Å²) in [5.74, 6) is 0.386. The Morgan fingerprint density at radius 1 is 1.56 bits per heavy atom. The molecule has 0 radical (unpaired) electrons. The van der Waals surface area contributed by atoms with Crippen LogP contribution in [0.1, 0.15) is 6.42 Å². The van der Waals surface area contributed by atoms with Gasteiger partial charge in [0, 0.05) is 17.9 Å². The summed E-state index contributed by atoms with van der Waals surface area (Å²) in [7, 11) is 1.53. The SMILES string of the molecule is COc1ccccc1NC(=O)CCN=[N+]=[N-]. The van der Waals surface area contributed by atoms with Crippen LogP contribution in [0.25, 0.3) is 10.4 Å². The summed E-state index contributed by atoms with van der Waals surface area (Å²) in [4.78, 5) is 14.0. The van der Waals surface area contributed by atoms with Gasteiger partial charge in [-0.3, -0.25) is 4.79 Å². The van der Waals surface area contributed by atoms with Crippen LogP contribution in [-0.4, -0.2) is 19.6 Å². The van der Waals surface area contributed by atoms with Gasteiger partial charge in [0.25, 0.3) is 0 Å². The fraction of sp³-hybridized carbons (Fsp3) is 0.300. The molecular formula is C10H12N4O2. The molecule has 84 valence electrons. The number of para-hydroxylation sites is 2. The van der Waals surface area contributed by atoms with Gasteiger partial charge in [0.05, 0.1) is 12.8 Å². The Hall–Kier alpha value is -2.20. The Kier molecular flexibility index (Phi) is 4.69. The number of nitrogens with one attached hydrogen (secondary N) is 1. The number of hydrogen-bond acceptors (Lipinski definition) is 3. The largest absolute Gasteiger partial charge is 0.495 e. The Balaban J connectivity index is 2.58. The highest BCUT2D eigenvalue weighted by molar-refractivity contribution is 5.92. The first-order valence-electron chi connectivity index (χ1n) is 4.71. The molecule has 1 rings (SSSR count). The Morgan fingerprint density at radius 3 is 3.00 bits per heavy atom. The minimum absolute atomic E-state index is 0.150. The van der Waals surface area contributed by atoms with Gasteiger partial charge < -0.3 is 10.1 Å². The summed E-state index contributed by atoms with van der Waals surface area (Å²) in [6.45, 7) is 0.150. The first-order valence-corrected chi connectivity index (χ1v) is 4.71. The number of carbonyl (C=O) groups is 1. The molecule has 16 heavy (non-hydrogen) atoms. The number of benzene rings is 1. The van der Waals surface area contributed by atoms with Gasteiger partial charge in [-0.15, -0.1) is 0 Å². The first kappa shape index (κ1) is 11.9. The molecule has 0 aliphatic rings. The zero-order chi connectivity index (χ0) is 11.8. The summed E-state index contributed by atoms with van der Waals surface area (Å²) >= 11 is 0. The van der Waals surface area contributed by atoms with E-state index in [9.17, 15) is 4.79 Å². The van der Waals surface area contributed by atoms with Crippen LogP contribution in [0.4, 0.5) is 5.69 Å². The Bertz CT molecular complexity index is 413. The van der Waals surface area contributed by atoms with Gasteiger partial charge in [0.1, 0.15) is 5.75 Å². The van der Waals surface area contributed by atoms with Crippen molar-refractivity contribution in [3.8, 4) is 5.75 Å². The molecule has 0 saturated carbocycles. The van der Waals surface area contributed by atoms with Crippen molar-refractivity contribution < 1.29 is 9.53 Å². The van der Waals surface area contributed by atoms with Crippen molar-refractivity contribution in [2.24, 2.45) is 5.11 Å². The summed E-state index contributed by atoms with van der Waals surface area (Å²) in [5, 5.41) is 5.96. The molecule has 6 nitrogen and oxygen atoms in total. The highest BCUT2D eigenvalue weighted by atomic mass is 16.5. The predicted octanol–water partition coefficient (Wildman–Crippen LogP) is 2.33. The number of methoxy groups -OCH3 is 1. The Morgan fingerprint density at radius 2 is 2.31 bits per heavy atom. The van der Waals surface area contributed by atoms with Crippen LogP contribution in [0.15, 0.2) is 29.4 Å². The molecule has 0 spiro atoms. The van der Waals surface area contributed by atoms with Crippen LogP contribution in [0, 0.1) is 0 Å². The smallest absolute Gasteiger partial charge is 0.224 e. The van der Waals surface area contributed by atoms with Gasteiger partial charge in [0.15, 0.2) is 0 Å². The van der Waals surface area contributed by atoms with E-state index in [2.05, 4.69) is 15.3 Å². The summed E-state index contributed by atoms with van der Waals surface area (Å²) in [6.07, 6.45) is 0.155. The van der Waals surface area contributed by atoms with Gasteiger partial charge in [-0.05, 0) is 17.7 Å². The van der Waals surface area contributed by atoms with Crippen LogP contribution >= 0.6 is 0 Å². The van der Waals surface area contributed by atoms with E-state index in [1.165, 1.54) is 7.11 Å². The molecule has 1 aromatic carbocycles. The van der Waals surface area contributed by atoms with E-state index >= 15 is 0 Å². The molecule has 0 atom stereocenters. The molecule has 0 fully saturated rings. The van der Waals surface area contributed by atoms with Gasteiger partial charge >= 0.3 is 0 Å². The molecule has 6 heteroatoms. The van der Waals surface area contributed by atoms with Crippen molar-refractivity contribution in [3.05, 3.63) is 34.7 Å². The summed E-state index contributed by atoms with van der Waals surface area (Å²) in [5.41, 5.74) is 8.67. The number of ether oxygens (including phenoxy) is 1. The second-order valence-electron chi connectivity index (χ2n) is 2.95. The van der Waals surface area contributed by atoms with Crippen molar-refractivity contribution in [1.82, 2.24) is 0 Å². The van der Waals surface area contributed by atoms with E-state index in [0.29, 0.717) is 11.4 Å². The van der Waals surface area contributed by atoms with Crippen molar-refractivity contribution in [2.75, 3.05) is 19.0 Å². The molecule has 0 aliphatic heterocycles.